The molecular weight excluding hydrogens is 1050 g/mol. The average molecular weight is 1130 g/mol. The fourth-order valence-corrected chi connectivity index (χ4v) is 14.2. The lowest BCUT2D eigenvalue weighted by Crippen LogP contribution is -2.67. The molecule has 4 saturated heterocycles. The molecule has 0 unspecified atom stereocenters. The molecule has 0 aromatic heterocycles. The van der Waals surface area contributed by atoms with Crippen molar-refractivity contribution in [2.45, 2.75) is 223 Å². The number of allylic oxidation sites excluding steroid dienone is 3. The van der Waals surface area contributed by atoms with E-state index in [9.17, 15) is 75.7 Å². The van der Waals surface area contributed by atoms with Crippen molar-refractivity contribution in [2.75, 3.05) is 13.2 Å². The van der Waals surface area contributed by atoms with E-state index in [1.165, 1.54) is 45.9 Å². The number of fused-ring (bicyclic) bond motifs is 5. The van der Waals surface area contributed by atoms with Gasteiger partial charge in [0.15, 0.2) is 36.5 Å². The van der Waals surface area contributed by atoms with Crippen LogP contribution in [0.2, 0.25) is 0 Å². The summed E-state index contributed by atoms with van der Waals surface area (Å²) >= 11 is 0. The zero-order valence-electron chi connectivity index (χ0n) is 46.1. The summed E-state index contributed by atoms with van der Waals surface area (Å²) in [6, 6.07) is 0. The molecule has 4 aliphatic carbocycles. The molecule has 25 nitrogen and oxygen atoms in total. The molecule has 0 spiro atoms. The van der Waals surface area contributed by atoms with Gasteiger partial charge in [-0.15, -0.1) is 0 Å². The van der Waals surface area contributed by atoms with Crippen LogP contribution in [-0.4, -0.2) is 232 Å². The molecule has 4 aliphatic heterocycles. The monoisotopic (exact) mass is 1130 g/mol. The third kappa shape index (κ3) is 10.3. The molecule has 0 aromatic rings. The number of ether oxygens (including phenoxy) is 9. The number of hydrogen-bond donors (Lipinski definition) is 12. The number of ketones is 3. The lowest BCUT2D eigenvalue weighted by atomic mass is 9.38. The molecule has 8 aliphatic rings. The molecule has 4 heterocycles. The Balaban J connectivity index is 1.11. The van der Waals surface area contributed by atoms with Gasteiger partial charge in [-0.1, -0.05) is 32.4 Å². The van der Waals surface area contributed by atoms with Crippen LogP contribution in [-0.2, 0) is 61.8 Å². The van der Waals surface area contributed by atoms with Crippen molar-refractivity contribution in [3.63, 3.8) is 0 Å². The molecule has 12 N–H and O–H groups in total. The number of carbonyl (C=O) groups is 4. The first-order valence-electron chi connectivity index (χ1n) is 26.8. The summed E-state index contributed by atoms with van der Waals surface area (Å²) in [5.74, 6) is -6.19. The number of hydrogen-bond acceptors (Lipinski definition) is 25. The maximum atomic E-state index is 15.3. The normalized spacial score (nSPS) is 48.8. The van der Waals surface area contributed by atoms with E-state index in [1.807, 2.05) is 0 Å². The van der Waals surface area contributed by atoms with E-state index in [-0.39, 0.29) is 18.6 Å². The second kappa shape index (κ2) is 21.7. The van der Waals surface area contributed by atoms with Gasteiger partial charge in [0.25, 0.3) is 0 Å². The molecule has 446 valence electrons. The van der Waals surface area contributed by atoms with Gasteiger partial charge in [0, 0.05) is 36.5 Å². The highest BCUT2D eigenvalue weighted by molar-refractivity contribution is 6.02. The van der Waals surface area contributed by atoms with Crippen molar-refractivity contribution in [3.05, 3.63) is 35.6 Å². The molecule has 8 rings (SSSR count). The molecule has 0 amide bonds. The van der Waals surface area contributed by atoms with Gasteiger partial charge in [-0.3, -0.25) is 19.2 Å². The van der Waals surface area contributed by atoms with Crippen LogP contribution in [0.15, 0.2) is 35.6 Å². The molecule has 2 saturated carbocycles. The zero-order chi connectivity index (χ0) is 58.8. The van der Waals surface area contributed by atoms with Gasteiger partial charge in [0.1, 0.15) is 84.1 Å². The van der Waals surface area contributed by atoms with Crippen molar-refractivity contribution >= 4 is 23.3 Å². The highest BCUT2D eigenvalue weighted by Gasteiger charge is 2.76. The summed E-state index contributed by atoms with van der Waals surface area (Å²) in [5, 5.41) is 134. The number of esters is 1. The number of aliphatic hydroxyl groups is 12. The van der Waals surface area contributed by atoms with Crippen molar-refractivity contribution < 1.29 is 123 Å². The lowest BCUT2D eigenvalue weighted by molar-refractivity contribution is -0.362. The Labute approximate surface area is 456 Å². The predicted molar refractivity (Wildman–Crippen MR) is 265 cm³/mol. The number of carbonyl (C=O) groups excluding carboxylic acids is 4. The largest absolute Gasteiger partial charge is 0.459 e. The highest BCUT2D eigenvalue weighted by Crippen LogP contribution is 2.74. The summed E-state index contributed by atoms with van der Waals surface area (Å²) in [4.78, 5) is 55.8. The summed E-state index contributed by atoms with van der Waals surface area (Å²) in [7, 11) is 0. The highest BCUT2D eigenvalue weighted by atomic mass is 16.8. The molecule has 0 aromatic carbocycles. The first-order chi connectivity index (χ1) is 36.5. The standard InChI is InChI=1S/C54H80O25/c1-20-32(61)36(65)38(67)45(72-20)77-40-35(64)29(76-48-41(34(63)28(18-55)75-48)78-46-39(68)37(66)33(62)21(2)73-46)19-71-47(40)74-27-15-24-23(50(6,7)44(27)69)14-25(57)42-51(8)16-26(58)43(52(51,9)17-31(60)53(24,42)10)54(11,70)30(59)12-13-49(4,5)79-22(3)56/h12-15,20-21,24-26,28-29,32-43,45-48,55,57-58,61-68,70H,16-19H2,1-11H3/b13-12+/t20-,21-,24-,25+,26-,28+,29+,32-,33-,34+,35+,36+,37+,38-,39-,40-,41-,42+,43+,45+,46+,47+,48+,51+,52-,53-,54+/m1/s1. The Bertz CT molecular complexity index is 2420. The molecule has 27 atom stereocenters. The Morgan fingerprint density at radius 2 is 1.28 bits per heavy atom. The van der Waals surface area contributed by atoms with Crippen molar-refractivity contribution in [1.29, 1.82) is 0 Å². The molecule has 0 bridgehead atoms. The van der Waals surface area contributed by atoms with Crippen LogP contribution in [0.1, 0.15) is 89.0 Å². The van der Waals surface area contributed by atoms with Gasteiger partial charge < -0.3 is 104 Å². The average Bonchev–Trinajstić information content (AvgIpc) is 2.38. The van der Waals surface area contributed by atoms with Crippen LogP contribution < -0.4 is 0 Å². The Kier molecular flexibility index (Phi) is 17.0. The molecule has 79 heavy (non-hydrogen) atoms. The van der Waals surface area contributed by atoms with Gasteiger partial charge in [0.2, 0.25) is 12.1 Å². The maximum Gasteiger partial charge on any atom is 0.303 e. The first kappa shape index (κ1) is 61.8. The van der Waals surface area contributed by atoms with E-state index in [4.69, 9.17) is 42.6 Å². The Hall–Kier alpha value is -3.26. The minimum absolute atomic E-state index is 0.0766. The van der Waals surface area contributed by atoms with Crippen molar-refractivity contribution in [3.8, 4) is 0 Å². The van der Waals surface area contributed by atoms with Crippen LogP contribution in [0.4, 0.5) is 0 Å². The van der Waals surface area contributed by atoms with E-state index >= 15 is 4.79 Å². The molecule has 6 fully saturated rings. The molecular formula is C54H80O25. The number of rotatable bonds is 14. The van der Waals surface area contributed by atoms with Gasteiger partial charge >= 0.3 is 5.97 Å². The molecule has 0 radical (unpaired) electrons. The van der Waals surface area contributed by atoms with Gasteiger partial charge in [-0.2, -0.15) is 0 Å². The maximum absolute atomic E-state index is 15.3. The Morgan fingerprint density at radius 3 is 1.82 bits per heavy atom. The second-order valence-corrected chi connectivity index (χ2v) is 24.8. The quantitative estimate of drug-likeness (QED) is 0.0476. The van der Waals surface area contributed by atoms with Crippen molar-refractivity contribution in [2.24, 2.45) is 39.4 Å². The van der Waals surface area contributed by atoms with Crippen molar-refractivity contribution in [1.82, 2.24) is 0 Å². The minimum Gasteiger partial charge on any atom is -0.459 e. The van der Waals surface area contributed by atoms with Crippen LogP contribution >= 0.6 is 0 Å². The third-order valence-electron chi connectivity index (χ3n) is 18.8. The number of aliphatic hydroxyl groups excluding tert-OH is 11. The summed E-state index contributed by atoms with van der Waals surface area (Å²) in [6.45, 7) is 15.2. The van der Waals surface area contributed by atoms with Gasteiger partial charge in [-0.05, 0) is 83.9 Å². The first-order valence-corrected chi connectivity index (χ1v) is 26.8. The second-order valence-electron chi connectivity index (χ2n) is 24.8. The fraction of sp³-hybridized carbons (Fsp3) is 0.815. The predicted octanol–water partition coefficient (Wildman–Crippen LogP) is -2.77. The van der Waals surface area contributed by atoms with Gasteiger partial charge in [-0.25, -0.2) is 0 Å². The summed E-state index contributed by atoms with van der Waals surface area (Å²) < 4.78 is 53.1. The van der Waals surface area contributed by atoms with E-state index < -0.39 is 210 Å². The Morgan fingerprint density at radius 1 is 0.722 bits per heavy atom. The summed E-state index contributed by atoms with van der Waals surface area (Å²) in [6.07, 6.45) is -27.4. The fourth-order valence-electron chi connectivity index (χ4n) is 14.2. The third-order valence-corrected chi connectivity index (χ3v) is 18.8. The van der Waals surface area contributed by atoms with E-state index in [1.54, 1.807) is 48.5 Å². The van der Waals surface area contributed by atoms with Crippen LogP contribution in [0.25, 0.3) is 0 Å². The van der Waals surface area contributed by atoms with Crippen LogP contribution in [0.3, 0.4) is 0 Å². The van der Waals surface area contributed by atoms with E-state index in [0.717, 1.165) is 6.08 Å². The van der Waals surface area contributed by atoms with Crippen LogP contribution in [0, 0.1) is 39.4 Å². The van der Waals surface area contributed by atoms with Crippen LogP contribution in [0.5, 0.6) is 0 Å². The number of Topliss-reactive ketones (excluding diaryl/α,β-unsaturated/α-hetero) is 2. The summed E-state index contributed by atoms with van der Waals surface area (Å²) in [5.41, 5.74) is -8.77. The smallest absolute Gasteiger partial charge is 0.303 e. The van der Waals surface area contributed by atoms with E-state index in [0.29, 0.717) is 5.57 Å². The minimum atomic E-state index is -2.28. The molecule has 25 heteroatoms. The SMILES string of the molecule is CC(=O)OC(C)(C)/C=C/C(=O)[C@](C)(O)[C@H]1[C@H](O)C[C@@]2(C)[C@@H]3[C@@H](O)C=C4[C@@H](C=C(O[C@@H]5OC[C@H](O[C@@H]6O[C@@H](CO)[C@H](O)[C@H]6O[C@@H]6O[C@H](C)[C@@H](O)[C@H](O)[C@H]6O)[C@H](O)[C@H]5O[C@@H]5O[C@H](C)[C@@H](O)[C@H](O)[C@H]5O)C(=O)C4(C)C)[C@]3(C)C(=O)C[C@]12C. The lowest BCUT2D eigenvalue weighted by Gasteiger charge is -2.64. The topological polar surface area (TPSA) is 394 Å². The van der Waals surface area contributed by atoms with Gasteiger partial charge in [0.05, 0.1) is 43.0 Å². The zero-order valence-corrected chi connectivity index (χ0v) is 46.1. The van der Waals surface area contributed by atoms with E-state index in [2.05, 4.69) is 0 Å².